The van der Waals surface area contributed by atoms with Gasteiger partial charge >= 0.3 is 18.2 Å². The van der Waals surface area contributed by atoms with E-state index in [0.29, 0.717) is 6.92 Å². The third-order valence-electron chi connectivity index (χ3n) is 5.97. The Morgan fingerprint density at radius 2 is 1.56 bits per heavy atom. The van der Waals surface area contributed by atoms with Crippen molar-refractivity contribution in [3.05, 3.63) is 59.7 Å². The van der Waals surface area contributed by atoms with Gasteiger partial charge in [0.25, 0.3) is 5.91 Å². The highest BCUT2D eigenvalue weighted by molar-refractivity contribution is 5.91. The van der Waals surface area contributed by atoms with Gasteiger partial charge in [-0.25, -0.2) is 4.79 Å². The molecule has 0 spiro atoms. The summed E-state index contributed by atoms with van der Waals surface area (Å²) < 4.78 is 46.6. The van der Waals surface area contributed by atoms with Crippen LogP contribution in [-0.4, -0.2) is 47.4 Å². The fourth-order valence-corrected chi connectivity index (χ4v) is 3.93. The number of carboxylic acid groups (broad SMARTS) is 1. The van der Waals surface area contributed by atoms with Crippen LogP contribution < -0.4 is 10.6 Å². The van der Waals surface area contributed by atoms with E-state index in [0.717, 1.165) is 22.3 Å². The fourth-order valence-electron chi connectivity index (χ4n) is 3.93. The van der Waals surface area contributed by atoms with Crippen molar-refractivity contribution in [1.82, 2.24) is 10.6 Å². The summed E-state index contributed by atoms with van der Waals surface area (Å²) in [7, 11) is 0. The van der Waals surface area contributed by atoms with Crippen molar-refractivity contribution in [2.45, 2.75) is 50.4 Å². The van der Waals surface area contributed by atoms with Crippen molar-refractivity contribution in [3.8, 4) is 11.1 Å². The zero-order valence-corrected chi connectivity index (χ0v) is 18.6. The number of ether oxygens (including phenoxy) is 1. The second-order valence-electron chi connectivity index (χ2n) is 8.25. The molecule has 0 saturated carbocycles. The van der Waals surface area contributed by atoms with E-state index in [1.165, 1.54) is 6.92 Å². The van der Waals surface area contributed by atoms with Gasteiger partial charge in [0.05, 0.1) is 6.42 Å². The summed E-state index contributed by atoms with van der Waals surface area (Å²) in [4.78, 5) is 35.8. The first-order valence-electron chi connectivity index (χ1n) is 10.7. The van der Waals surface area contributed by atoms with Gasteiger partial charge in [-0.15, -0.1) is 0 Å². The van der Waals surface area contributed by atoms with Crippen LogP contribution in [0.2, 0.25) is 0 Å². The number of hydrogen-bond acceptors (Lipinski definition) is 4. The smallest absolute Gasteiger partial charge is 0.420 e. The van der Waals surface area contributed by atoms with E-state index in [1.807, 2.05) is 48.5 Å². The van der Waals surface area contributed by atoms with Crippen molar-refractivity contribution in [2.75, 3.05) is 6.61 Å². The highest BCUT2D eigenvalue weighted by atomic mass is 19.4. The number of alkyl carbamates (subject to hydrolysis) is 1. The molecular weight excluding hydrogens is 453 g/mol. The second kappa shape index (κ2) is 9.74. The van der Waals surface area contributed by atoms with Gasteiger partial charge in [-0.2, -0.15) is 13.2 Å². The monoisotopic (exact) mass is 478 g/mol. The van der Waals surface area contributed by atoms with E-state index in [2.05, 4.69) is 5.32 Å². The Bertz CT molecular complexity index is 1040. The lowest BCUT2D eigenvalue weighted by molar-refractivity contribution is -0.194. The zero-order valence-electron chi connectivity index (χ0n) is 18.6. The van der Waals surface area contributed by atoms with E-state index in [4.69, 9.17) is 9.84 Å². The molecule has 2 atom stereocenters. The minimum Gasteiger partial charge on any atom is -0.481 e. The number of fused-ring (bicyclic) bond motifs is 3. The highest BCUT2D eigenvalue weighted by Crippen LogP contribution is 2.44. The molecule has 0 heterocycles. The summed E-state index contributed by atoms with van der Waals surface area (Å²) in [5.41, 5.74) is 0.354. The quantitative estimate of drug-likeness (QED) is 0.527. The Labute approximate surface area is 194 Å². The van der Waals surface area contributed by atoms with Gasteiger partial charge in [0.15, 0.2) is 0 Å². The Hall–Kier alpha value is -3.56. The molecule has 10 heteroatoms. The van der Waals surface area contributed by atoms with Gasteiger partial charge < -0.3 is 15.2 Å². The molecule has 0 bridgehead atoms. The number of halogens is 3. The van der Waals surface area contributed by atoms with Crippen LogP contribution in [0.5, 0.6) is 0 Å². The molecule has 1 aliphatic rings. The minimum absolute atomic E-state index is 0.0942. The third kappa shape index (κ3) is 5.00. The molecule has 3 rings (SSSR count). The lowest BCUT2D eigenvalue weighted by Gasteiger charge is -2.32. The largest absolute Gasteiger partial charge is 0.481 e. The van der Waals surface area contributed by atoms with Crippen molar-refractivity contribution in [3.63, 3.8) is 0 Å². The average Bonchev–Trinajstić information content (AvgIpc) is 3.09. The lowest BCUT2D eigenvalue weighted by Crippen LogP contribution is -2.66. The number of rotatable bonds is 8. The first kappa shape index (κ1) is 25.1. The van der Waals surface area contributed by atoms with Crippen LogP contribution in [0, 0.1) is 0 Å². The number of hydrogen-bond donors (Lipinski definition) is 3. The highest BCUT2D eigenvalue weighted by Gasteiger charge is 2.58. The maximum atomic E-state index is 13.8. The van der Waals surface area contributed by atoms with Gasteiger partial charge in [-0.1, -0.05) is 55.5 Å². The Morgan fingerprint density at radius 3 is 2.03 bits per heavy atom. The molecule has 0 aromatic heterocycles. The Morgan fingerprint density at radius 1 is 1.03 bits per heavy atom. The van der Waals surface area contributed by atoms with E-state index in [1.54, 1.807) is 5.32 Å². The van der Waals surface area contributed by atoms with Crippen LogP contribution in [-0.2, 0) is 14.3 Å². The van der Waals surface area contributed by atoms with Gasteiger partial charge in [-0.3, -0.25) is 14.9 Å². The molecule has 7 nitrogen and oxygen atoms in total. The molecule has 0 radical (unpaired) electrons. The molecular formula is C24H25F3N2O5. The van der Waals surface area contributed by atoms with Gasteiger partial charge in [-0.05, 0) is 35.6 Å². The topological polar surface area (TPSA) is 105 Å². The summed E-state index contributed by atoms with van der Waals surface area (Å²) in [5.74, 6) is -3.21. The number of benzene rings is 2. The molecule has 1 aliphatic carbocycles. The Kier molecular flexibility index (Phi) is 7.18. The van der Waals surface area contributed by atoms with Crippen LogP contribution in [0.4, 0.5) is 18.0 Å². The number of carbonyl (C=O) groups is 3. The summed E-state index contributed by atoms with van der Waals surface area (Å²) in [6.07, 6.45) is -7.04. The lowest BCUT2D eigenvalue weighted by atomic mass is 9.98. The number of amides is 2. The molecule has 0 saturated heterocycles. The van der Waals surface area contributed by atoms with Crippen LogP contribution in [0.3, 0.4) is 0 Å². The van der Waals surface area contributed by atoms with Crippen molar-refractivity contribution >= 4 is 18.0 Å². The molecule has 34 heavy (non-hydrogen) atoms. The minimum atomic E-state index is -5.16. The third-order valence-corrected chi connectivity index (χ3v) is 5.97. The fraction of sp³-hybridized carbons (Fsp3) is 0.375. The standard InChI is InChI=1S/C24H25F3N2O5/c1-3-14(12-20(30)31)28-21(32)23(2,24(25,26)27)29-22(33)34-13-19-17-10-6-4-8-15(17)16-9-5-7-11-18(16)19/h4-11,14,19H,3,12-13H2,1-2H3,(H,28,32)(H,29,33)(H,30,31)/t14-,23?/m1/s1. The van der Waals surface area contributed by atoms with Crippen LogP contribution in [0.25, 0.3) is 11.1 Å². The number of alkyl halides is 3. The summed E-state index contributed by atoms with van der Waals surface area (Å²) in [5, 5.41) is 12.6. The van der Waals surface area contributed by atoms with Crippen LogP contribution in [0.15, 0.2) is 48.5 Å². The summed E-state index contributed by atoms with van der Waals surface area (Å²) in [6.45, 7) is 1.81. The van der Waals surface area contributed by atoms with Crippen molar-refractivity contribution in [2.24, 2.45) is 0 Å². The van der Waals surface area contributed by atoms with E-state index in [-0.39, 0.29) is 18.9 Å². The van der Waals surface area contributed by atoms with Crippen LogP contribution >= 0.6 is 0 Å². The first-order valence-corrected chi connectivity index (χ1v) is 10.7. The molecule has 2 aromatic rings. The average molecular weight is 478 g/mol. The molecule has 2 aromatic carbocycles. The molecule has 2 amide bonds. The van der Waals surface area contributed by atoms with Gasteiger partial charge in [0.2, 0.25) is 5.54 Å². The molecule has 3 N–H and O–H groups in total. The number of nitrogens with one attached hydrogen (secondary N) is 2. The SMILES string of the molecule is CC[C@H](CC(=O)O)NC(=O)C(C)(NC(=O)OCC1c2ccccc2-c2ccccc21)C(F)(F)F. The summed E-state index contributed by atoms with van der Waals surface area (Å²) in [6, 6.07) is 13.9. The second-order valence-corrected chi connectivity index (χ2v) is 8.25. The zero-order chi connectivity index (χ0) is 25.1. The van der Waals surface area contributed by atoms with Crippen LogP contribution in [0.1, 0.15) is 43.7 Å². The molecule has 0 fully saturated rings. The van der Waals surface area contributed by atoms with E-state index < -0.39 is 42.1 Å². The maximum absolute atomic E-state index is 13.8. The normalized spacial score (nSPS) is 15.4. The van der Waals surface area contributed by atoms with Crippen molar-refractivity contribution in [1.29, 1.82) is 0 Å². The number of carboxylic acids is 1. The number of carbonyl (C=O) groups excluding carboxylic acids is 2. The van der Waals surface area contributed by atoms with E-state index in [9.17, 15) is 27.6 Å². The maximum Gasteiger partial charge on any atom is 0.420 e. The molecule has 0 aliphatic heterocycles. The number of aliphatic carboxylic acids is 1. The first-order chi connectivity index (χ1) is 16.0. The molecule has 182 valence electrons. The Balaban J connectivity index is 1.74. The predicted octanol–water partition coefficient (Wildman–Crippen LogP) is 4.22. The van der Waals surface area contributed by atoms with Crippen molar-refractivity contribution < 1.29 is 37.4 Å². The van der Waals surface area contributed by atoms with Gasteiger partial charge in [0.1, 0.15) is 6.61 Å². The summed E-state index contributed by atoms with van der Waals surface area (Å²) >= 11 is 0. The predicted molar refractivity (Wildman–Crippen MR) is 117 cm³/mol. The van der Waals surface area contributed by atoms with Gasteiger partial charge in [0, 0.05) is 12.0 Å². The van der Waals surface area contributed by atoms with E-state index >= 15 is 0 Å². The molecule has 1 unspecified atom stereocenters.